The molecule has 0 spiro atoms. The van der Waals surface area contributed by atoms with Crippen molar-refractivity contribution in [3.8, 4) is 5.75 Å². The Bertz CT molecular complexity index is 515. The standard InChI is InChI=1S/C19H31N3O2.HI/c1-5-20-18(21-15-19(2,3)23-4)22-13-11-17(12-14-22)24-16-9-7-6-8-10-16;/h6-10,17H,5,11-15H2,1-4H3,(H,20,21);1H. The predicted molar refractivity (Wildman–Crippen MR) is 114 cm³/mol. The van der Waals surface area contributed by atoms with Crippen LogP contribution in [0, 0.1) is 0 Å². The monoisotopic (exact) mass is 461 g/mol. The van der Waals surface area contributed by atoms with Crippen molar-refractivity contribution >= 4 is 29.9 Å². The van der Waals surface area contributed by atoms with Gasteiger partial charge in [0, 0.05) is 39.6 Å². The van der Waals surface area contributed by atoms with Crippen LogP contribution in [0.25, 0.3) is 0 Å². The molecule has 5 nitrogen and oxygen atoms in total. The molecule has 6 heteroatoms. The van der Waals surface area contributed by atoms with Crippen molar-refractivity contribution in [2.24, 2.45) is 4.99 Å². The molecule has 0 aromatic heterocycles. The largest absolute Gasteiger partial charge is 0.490 e. The molecule has 1 N–H and O–H groups in total. The van der Waals surface area contributed by atoms with E-state index in [1.54, 1.807) is 7.11 Å². The number of rotatable bonds is 6. The lowest BCUT2D eigenvalue weighted by molar-refractivity contribution is 0.0307. The van der Waals surface area contributed by atoms with Gasteiger partial charge in [-0.2, -0.15) is 0 Å². The zero-order valence-corrected chi connectivity index (χ0v) is 18.2. The molecule has 142 valence electrons. The average molecular weight is 461 g/mol. The maximum atomic E-state index is 6.07. The number of piperidine rings is 1. The minimum absolute atomic E-state index is 0. The highest BCUT2D eigenvalue weighted by Crippen LogP contribution is 2.19. The molecule has 1 aromatic carbocycles. The van der Waals surface area contributed by atoms with Crippen LogP contribution >= 0.6 is 24.0 Å². The number of hydrogen-bond acceptors (Lipinski definition) is 3. The lowest BCUT2D eigenvalue weighted by Crippen LogP contribution is -2.48. The maximum absolute atomic E-state index is 6.07. The number of nitrogens with one attached hydrogen (secondary N) is 1. The van der Waals surface area contributed by atoms with Gasteiger partial charge >= 0.3 is 0 Å². The first-order valence-electron chi connectivity index (χ1n) is 8.84. The molecule has 1 saturated heterocycles. The molecule has 0 aliphatic carbocycles. The molecule has 0 unspecified atom stereocenters. The second kappa shape index (κ2) is 10.9. The molecule has 1 aromatic rings. The van der Waals surface area contributed by atoms with Crippen LogP contribution in [0.15, 0.2) is 35.3 Å². The highest BCUT2D eigenvalue weighted by Gasteiger charge is 2.23. The van der Waals surface area contributed by atoms with Crippen molar-refractivity contribution < 1.29 is 9.47 Å². The van der Waals surface area contributed by atoms with Crippen LogP contribution in [0.2, 0.25) is 0 Å². The Morgan fingerprint density at radius 1 is 1.24 bits per heavy atom. The number of hydrogen-bond donors (Lipinski definition) is 1. The number of aliphatic imine (C=N–C) groups is 1. The third-order valence-electron chi connectivity index (χ3n) is 4.28. The second-order valence-corrected chi connectivity index (χ2v) is 6.75. The van der Waals surface area contributed by atoms with Crippen molar-refractivity contribution in [2.45, 2.75) is 45.3 Å². The van der Waals surface area contributed by atoms with E-state index in [0.717, 1.165) is 44.2 Å². The van der Waals surface area contributed by atoms with Gasteiger partial charge in [-0.3, -0.25) is 4.99 Å². The van der Waals surface area contributed by atoms with E-state index < -0.39 is 0 Å². The van der Waals surface area contributed by atoms with Crippen molar-refractivity contribution in [3.05, 3.63) is 30.3 Å². The van der Waals surface area contributed by atoms with Gasteiger partial charge in [0.15, 0.2) is 5.96 Å². The molecule has 0 atom stereocenters. The first-order valence-corrected chi connectivity index (χ1v) is 8.84. The van der Waals surface area contributed by atoms with Gasteiger partial charge in [0.25, 0.3) is 0 Å². The van der Waals surface area contributed by atoms with Crippen molar-refractivity contribution in [1.82, 2.24) is 10.2 Å². The Hall–Kier alpha value is -1.02. The first kappa shape index (κ1) is 22.0. The Labute approximate surface area is 169 Å². The summed E-state index contributed by atoms with van der Waals surface area (Å²) >= 11 is 0. The fraction of sp³-hybridized carbons (Fsp3) is 0.632. The molecule has 1 fully saturated rings. The quantitative estimate of drug-likeness (QED) is 0.400. The number of methoxy groups -OCH3 is 1. The van der Waals surface area contributed by atoms with Crippen LogP contribution in [-0.2, 0) is 4.74 Å². The third-order valence-corrected chi connectivity index (χ3v) is 4.28. The molecule has 25 heavy (non-hydrogen) atoms. The summed E-state index contributed by atoms with van der Waals surface area (Å²) in [5.74, 6) is 1.93. The SMILES string of the molecule is CCNC(=NCC(C)(C)OC)N1CCC(Oc2ccccc2)CC1.I. The van der Waals surface area contributed by atoms with Crippen molar-refractivity contribution in [3.63, 3.8) is 0 Å². The zero-order valence-electron chi connectivity index (χ0n) is 15.8. The number of benzene rings is 1. The molecule has 1 aliphatic rings. The van der Waals surface area contributed by atoms with Crippen LogP contribution in [-0.4, -0.2) is 55.9 Å². The number of para-hydroxylation sites is 1. The van der Waals surface area contributed by atoms with Crippen LogP contribution in [0.5, 0.6) is 5.75 Å². The Kier molecular flexibility index (Phi) is 9.56. The summed E-state index contributed by atoms with van der Waals surface area (Å²) in [4.78, 5) is 7.07. The van der Waals surface area contributed by atoms with Crippen LogP contribution in [0.1, 0.15) is 33.6 Å². The Balaban J connectivity index is 0.00000312. The van der Waals surface area contributed by atoms with E-state index in [1.807, 2.05) is 30.3 Å². The van der Waals surface area contributed by atoms with Gasteiger partial charge in [0.2, 0.25) is 0 Å². The summed E-state index contributed by atoms with van der Waals surface area (Å²) in [5, 5.41) is 3.39. The lowest BCUT2D eigenvalue weighted by Gasteiger charge is -2.34. The topological polar surface area (TPSA) is 46.1 Å². The summed E-state index contributed by atoms with van der Waals surface area (Å²) in [6.07, 6.45) is 2.29. The molecule has 0 radical (unpaired) electrons. The van der Waals surface area contributed by atoms with Gasteiger partial charge in [-0.15, -0.1) is 24.0 Å². The van der Waals surface area contributed by atoms with E-state index >= 15 is 0 Å². The summed E-state index contributed by atoms with van der Waals surface area (Å²) in [6, 6.07) is 10.1. The molecule has 1 aliphatic heterocycles. The molecule has 0 bridgehead atoms. The van der Waals surface area contributed by atoms with Crippen molar-refractivity contribution in [2.75, 3.05) is 33.3 Å². The Morgan fingerprint density at radius 2 is 1.88 bits per heavy atom. The molecule has 0 saturated carbocycles. The predicted octanol–water partition coefficient (Wildman–Crippen LogP) is 3.54. The second-order valence-electron chi connectivity index (χ2n) is 6.75. The van der Waals surface area contributed by atoms with E-state index in [1.165, 1.54) is 0 Å². The molecule has 1 heterocycles. The van der Waals surface area contributed by atoms with Gasteiger partial charge in [-0.05, 0) is 32.9 Å². The van der Waals surface area contributed by atoms with Gasteiger partial charge in [-0.1, -0.05) is 18.2 Å². The number of halogens is 1. The number of likely N-dealkylation sites (tertiary alicyclic amines) is 1. The van der Waals surface area contributed by atoms with Gasteiger partial charge < -0.3 is 19.7 Å². The van der Waals surface area contributed by atoms with E-state index in [-0.39, 0.29) is 35.7 Å². The normalized spacial score (nSPS) is 16.3. The molecular formula is C19H32IN3O2. The van der Waals surface area contributed by atoms with E-state index in [0.29, 0.717) is 6.54 Å². The summed E-state index contributed by atoms with van der Waals surface area (Å²) in [6.45, 7) is 9.63. The van der Waals surface area contributed by atoms with E-state index in [4.69, 9.17) is 14.5 Å². The first-order chi connectivity index (χ1) is 11.5. The minimum atomic E-state index is -0.241. The van der Waals surface area contributed by atoms with E-state index in [2.05, 4.69) is 31.0 Å². The van der Waals surface area contributed by atoms with Gasteiger partial charge in [-0.25, -0.2) is 0 Å². The van der Waals surface area contributed by atoms with Crippen LogP contribution in [0.4, 0.5) is 0 Å². The van der Waals surface area contributed by atoms with E-state index in [9.17, 15) is 0 Å². The zero-order chi connectivity index (χ0) is 17.4. The molecule has 0 amide bonds. The lowest BCUT2D eigenvalue weighted by atomic mass is 10.1. The average Bonchev–Trinajstić information content (AvgIpc) is 2.60. The fourth-order valence-corrected chi connectivity index (χ4v) is 2.63. The number of ether oxygens (including phenoxy) is 2. The molecule has 2 rings (SSSR count). The number of nitrogens with zero attached hydrogens (tertiary/aromatic N) is 2. The highest BCUT2D eigenvalue weighted by atomic mass is 127. The van der Waals surface area contributed by atoms with Crippen LogP contribution < -0.4 is 10.1 Å². The van der Waals surface area contributed by atoms with Gasteiger partial charge in [0.05, 0.1) is 12.1 Å². The summed E-state index contributed by atoms with van der Waals surface area (Å²) in [7, 11) is 1.73. The smallest absolute Gasteiger partial charge is 0.194 e. The maximum Gasteiger partial charge on any atom is 0.194 e. The fourth-order valence-electron chi connectivity index (χ4n) is 2.63. The Morgan fingerprint density at radius 3 is 2.44 bits per heavy atom. The third kappa shape index (κ3) is 7.40. The highest BCUT2D eigenvalue weighted by molar-refractivity contribution is 14.0. The van der Waals surface area contributed by atoms with Gasteiger partial charge in [0.1, 0.15) is 11.9 Å². The number of guanidine groups is 1. The minimum Gasteiger partial charge on any atom is -0.490 e. The summed E-state index contributed by atoms with van der Waals surface area (Å²) < 4.78 is 11.5. The van der Waals surface area contributed by atoms with Crippen LogP contribution in [0.3, 0.4) is 0 Å². The summed E-state index contributed by atoms with van der Waals surface area (Å²) in [5.41, 5.74) is -0.241. The van der Waals surface area contributed by atoms with Crippen molar-refractivity contribution in [1.29, 1.82) is 0 Å². The molecular weight excluding hydrogens is 429 g/mol.